The summed E-state index contributed by atoms with van der Waals surface area (Å²) in [6, 6.07) is 0. The summed E-state index contributed by atoms with van der Waals surface area (Å²) in [5, 5.41) is 0. The number of carbonyl (C=O) groups excluding carboxylic acids is 2. The maximum absolute atomic E-state index is 11.9. The molecule has 1 aliphatic heterocycles. The molecule has 104 valence electrons. The van der Waals surface area contributed by atoms with Crippen LogP contribution < -0.4 is 0 Å². The Morgan fingerprint density at radius 1 is 1.28 bits per heavy atom. The van der Waals surface area contributed by atoms with Crippen LogP contribution in [-0.4, -0.2) is 50.4 Å². The molecule has 0 radical (unpaired) electrons. The molecule has 0 aromatic heterocycles. The van der Waals surface area contributed by atoms with Crippen molar-refractivity contribution in [2.24, 2.45) is 5.92 Å². The molecule has 0 saturated carbocycles. The first kappa shape index (κ1) is 15.1. The topological polar surface area (TPSA) is 80.8 Å². The van der Waals surface area contributed by atoms with E-state index in [9.17, 15) is 18.0 Å². The molecule has 18 heavy (non-hydrogen) atoms. The van der Waals surface area contributed by atoms with E-state index in [0.29, 0.717) is 25.9 Å². The van der Waals surface area contributed by atoms with Gasteiger partial charge in [0.1, 0.15) is 5.78 Å². The molecule has 0 amide bonds. The van der Waals surface area contributed by atoms with E-state index in [1.165, 1.54) is 18.3 Å². The number of esters is 1. The first-order valence-electron chi connectivity index (χ1n) is 5.92. The molecule has 1 aliphatic rings. The minimum Gasteiger partial charge on any atom is -0.469 e. The molecular weight excluding hydrogens is 258 g/mol. The number of ketones is 1. The van der Waals surface area contributed by atoms with Gasteiger partial charge in [0.15, 0.2) is 0 Å². The van der Waals surface area contributed by atoms with Gasteiger partial charge < -0.3 is 4.74 Å². The lowest BCUT2D eigenvalue weighted by Crippen LogP contribution is -2.41. The van der Waals surface area contributed by atoms with Gasteiger partial charge in [-0.3, -0.25) is 9.59 Å². The predicted octanol–water partition coefficient (Wildman–Crippen LogP) is 0.180. The Kier molecular flexibility index (Phi) is 5.28. The van der Waals surface area contributed by atoms with E-state index in [1.54, 1.807) is 0 Å². The molecule has 7 heteroatoms. The van der Waals surface area contributed by atoms with E-state index in [4.69, 9.17) is 0 Å². The molecule has 0 aliphatic carbocycles. The number of Topliss-reactive ketones (excluding diaryl/α,β-unsaturated/α-hetero) is 1. The van der Waals surface area contributed by atoms with Crippen LogP contribution >= 0.6 is 0 Å². The molecular formula is C11H19NO5S. The highest BCUT2D eigenvalue weighted by Crippen LogP contribution is 2.20. The number of hydrogen-bond donors (Lipinski definition) is 0. The summed E-state index contributed by atoms with van der Waals surface area (Å²) in [6.45, 7) is 2.24. The highest BCUT2D eigenvalue weighted by molar-refractivity contribution is 7.89. The molecule has 0 bridgehead atoms. The Morgan fingerprint density at radius 3 is 2.28 bits per heavy atom. The van der Waals surface area contributed by atoms with Crippen molar-refractivity contribution in [1.29, 1.82) is 0 Å². The normalized spacial score (nSPS) is 18.6. The van der Waals surface area contributed by atoms with E-state index in [-0.39, 0.29) is 23.9 Å². The molecule has 0 atom stereocenters. The highest BCUT2D eigenvalue weighted by atomic mass is 32.2. The van der Waals surface area contributed by atoms with E-state index in [2.05, 4.69) is 4.74 Å². The molecule has 0 unspecified atom stereocenters. The third kappa shape index (κ3) is 4.06. The summed E-state index contributed by atoms with van der Waals surface area (Å²) in [5.74, 6) is -0.680. The van der Waals surface area contributed by atoms with E-state index in [0.717, 1.165) is 0 Å². The van der Waals surface area contributed by atoms with Crippen molar-refractivity contribution in [3.05, 3.63) is 0 Å². The van der Waals surface area contributed by atoms with Gasteiger partial charge in [0.2, 0.25) is 10.0 Å². The highest BCUT2D eigenvalue weighted by Gasteiger charge is 2.29. The second kappa shape index (κ2) is 6.29. The molecule has 0 aromatic rings. The number of ether oxygens (including phenoxy) is 1. The van der Waals surface area contributed by atoms with Gasteiger partial charge >= 0.3 is 5.97 Å². The molecule has 6 nitrogen and oxygen atoms in total. The van der Waals surface area contributed by atoms with Crippen molar-refractivity contribution in [3.8, 4) is 0 Å². The van der Waals surface area contributed by atoms with Crippen LogP contribution in [-0.2, 0) is 24.3 Å². The first-order valence-corrected chi connectivity index (χ1v) is 7.53. The van der Waals surface area contributed by atoms with Gasteiger partial charge in [-0.05, 0) is 19.8 Å². The van der Waals surface area contributed by atoms with Crippen molar-refractivity contribution < 1.29 is 22.7 Å². The maximum atomic E-state index is 11.9. The Labute approximate surface area is 107 Å². The van der Waals surface area contributed by atoms with Gasteiger partial charge in [-0.15, -0.1) is 0 Å². The van der Waals surface area contributed by atoms with Crippen LogP contribution in [0.2, 0.25) is 0 Å². The maximum Gasteiger partial charge on any atom is 0.306 e. The molecule has 0 N–H and O–H groups in total. The lowest BCUT2D eigenvalue weighted by atomic mass is 9.95. The van der Waals surface area contributed by atoms with Crippen LogP contribution in [0.3, 0.4) is 0 Å². The van der Waals surface area contributed by atoms with Crippen molar-refractivity contribution in [3.63, 3.8) is 0 Å². The third-order valence-corrected chi connectivity index (χ3v) is 5.09. The monoisotopic (exact) mass is 277 g/mol. The summed E-state index contributed by atoms with van der Waals surface area (Å²) in [7, 11) is -2.19. The fourth-order valence-corrected chi connectivity index (χ4v) is 3.43. The van der Waals surface area contributed by atoms with Crippen molar-refractivity contribution in [2.75, 3.05) is 26.0 Å². The smallest absolute Gasteiger partial charge is 0.306 e. The second-order valence-corrected chi connectivity index (χ2v) is 6.51. The Balaban J connectivity index is 2.50. The Morgan fingerprint density at radius 2 is 1.83 bits per heavy atom. The lowest BCUT2D eigenvalue weighted by molar-refractivity contribution is -0.140. The quantitative estimate of drug-likeness (QED) is 0.670. The van der Waals surface area contributed by atoms with Gasteiger partial charge in [0, 0.05) is 19.0 Å². The van der Waals surface area contributed by atoms with Gasteiger partial charge in [-0.25, -0.2) is 12.7 Å². The zero-order valence-corrected chi connectivity index (χ0v) is 11.5. The van der Waals surface area contributed by atoms with Crippen molar-refractivity contribution in [1.82, 2.24) is 4.31 Å². The van der Waals surface area contributed by atoms with Gasteiger partial charge in [0.25, 0.3) is 0 Å². The molecule has 0 spiro atoms. The summed E-state index contributed by atoms with van der Waals surface area (Å²) < 4.78 is 29.6. The summed E-state index contributed by atoms with van der Waals surface area (Å²) in [6.07, 6.45) is 0.991. The van der Waals surface area contributed by atoms with E-state index >= 15 is 0 Å². The average molecular weight is 277 g/mol. The first-order chi connectivity index (χ1) is 8.36. The zero-order valence-electron chi connectivity index (χ0n) is 10.7. The van der Waals surface area contributed by atoms with Crippen molar-refractivity contribution in [2.45, 2.75) is 26.2 Å². The van der Waals surface area contributed by atoms with Gasteiger partial charge in [0.05, 0.1) is 19.3 Å². The number of carbonyl (C=O) groups is 2. The zero-order chi connectivity index (χ0) is 13.8. The van der Waals surface area contributed by atoms with Gasteiger partial charge in [-0.2, -0.15) is 0 Å². The van der Waals surface area contributed by atoms with Crippen LogP contribution in [0.4, 0.5) is 0 Å². The molecule has 1 fully saturated rings. The molecule has 0 aromatic carbocycles. The minimum absolute atomic E-state index is 0.0305. The number of hydrogen-bond acceptors (Lipinski definition) is 5. The lowest BCUT2D eigenvalue weighted by Gasteiger charge is -2.29. The van der Waals surface area contributed by atoms with Crippen LogP contribution in [0, 0.1) is 5.92 Å². The number of rotatable bonds is 5. The number of sulfonamides is 1. The van der Waals surface area contributed by atoms with E-state index < -0.39 is 16.0 Å². The SMILES string of the molecule is COC(=O)CCS(=O)(=O)N1CCC(C(C)=O)CC1. The summed E-state index contributed by atoms with van der Waals surface area (Å²) >= 11 is 0. The molecule has 1 heterocycles. The van der Waals surface area contributed by atoms with Gasteiger partial charge in [-0.1, -0.05) is 0 Å². The average Bonchev–Trinajstić information content (AvgIpc) is 2.36. The summed E-state index contributed by atoms with van der Waals surface area (Å²) in [5.41, 5.74) is 0. The Bertz CT molecular complexity index is 409. The van der Waals surface area contributed by atoms with Crippen LogP contribution in [0.15, 0.2) is 0 Å². The number of nitrogens with zero attached hydrogens (tertiary/aromatic N) is 1. The van der Waals surface area contributed by atoms with Crippen LogP contribution in [0.1, 0.15) is 26.2 Å². The third-order valence-electron chi connectivity index (χ3n) is 3.21. The predicted molar refractivity (Wildman–Crippen MR) is 65.4 cm³/mol. The number of methoxy groups -OCH3 is 1. The van der Waals surface area contributed by atoms with Crippen molar-refractivity contribution >= 4 is 21.8 Å². The Hall–Kier alpha value is -0.950. The molecule has 1 saturated heterocycles. The summed E-state index contributed by atoms with van der Waals surface area (Å²) in [4.78, 5) is 22.1. The van der Waals surface area contributed by atoms with Crippen LogP contribution in [0.5, 0.6) is 0 Å². The minimum atomic E-state index is -3.42. The second-order valence-electron chi connectivity index (χ2n) is 4.43. The molecule has 1 rings (SSSR count). The standard InChI is InChI=1S/C11H19NO5S/c1-9(13)10-3-6-12(7-4-10)18(15,16)8-5-11(14)17-2/h10H,3-8H2,1-2H3. The largest absolute Gasteiger partial charge is 0.469 e. The number of piperidine rings is 1. The fourth-order valence-electron chi connectivity index (χ4n) is 1.98. The van der Waals surface area contributed by atoms with Crippen LogP contribution in [0.25, 0.3) is 0 Å². The van der Waals surface area contributed by atoms with E-state index in [1.807, 2.05) is 0 Å². The fraction of sp³-hybridized carbons (Fsp3) is 0.818.